The molecule has 0 aliphatic heterocycles. The van der Waals surface area contributed by atoms with Crippen LogP contribution in [0.2, 0.25) is 0 Å². The van der Waals surface area contributed by atoms with Crippen LogP contribution in [0.15, 0.2) is 35.5 Å². The van der Waals surface area contributed by atoms with Gasteiger partial charge in [0.25, 0.3) is 0 Å². The fraction of sp³-hybridized carbons (Fsp3) is 0.316. The minimum Gasteiger partial charge on any atom is -0.340 e. The van der Waals surface area contributed by atoms with Crippen LogP contribution in [0.1, 0.15) is 29.8 Å². The number of hydrogen-bond acceptors (Lipinski definition) is 5. The minimum atomic E-state index is -0.295. The molecule has 2 aromatic heterocycles. The van der Waals surface area contributed by atoms with Crippen molar-refractivity contribution in [3.05, 3.63) is 53.2 Å². The summed E-state index contributed by atoms with van der Waals surface area (Å²) in [5, 5.41) is 13.1. The molecule has 1 aromatic carbocycles. The van der Waals surface area contributed by atoms with Gasteiger partial charge in [-0.1, -0.05) is 0 Å². The van der Waals surface area contributed by atoms with Crippen molar-refractivity contribution in [3.63, 3.8) is 0 Å². The van der Waals surface area contributed by atoms with Crippen LogP contribution in [0.3, 0.4) is 0 Å². The van der Waals surface area contributed by atoms with E-state index in [4.69, 9.17) is 0 Å². The third-order valence-corrected chi connectivity index (χ3v) is 4.56. The van der Waals surface area contributed by atoms with E-state index in [-0.39, 0.29) is 11.7 Å². The summed E-state index contributed by atoms with van der Waals surface area (Å²) < 4.78 is 13.5. The van der Waals surface area contributed by atoms with Gasteiger partial charge >= 0.3 is 0 Å². The lowest BCUT2D eigenvalue weighted by Crippen LogP contribution is -2.20. The van der Waals surface area contributed by atoms with E-state index in [9.17, 15) is 9.60 Å². The Hall–Kier alpha value is -2.84. The quantitative estimate of drug-likeness (QED) is 0.305. The molecule has 0 atom stereocenters. The Bertz CT molecular complexity index is 995. The second kappa shape index (κ2) is 7.42. The fourth-order valence-electron chi connectivity index (χ4n) is 2.93. The maximum absolute atomic E-state index is 13.5. The highest BCUT2D eigenvalue weighted by Crippen LogP contribution is 2.21. The molecule has 0 amide bonds. The first-order chi connectivity index (χ1) is 13.1. The SMILES string of the molecule is Cc1cc(N=C(NO)c2ccnc3nc(CCNC4CC4)[nH]c23)ccc1F. The zero-order chi connectivity index (χ0) is 18.8. The third kappa shape index (κ3) is 3.96. The van der Waals surface area contributed by atoms with Gasteiger partial charge in [-0.15, -0.1) is 0 Å². The molecule has 1 aliphatic carbocycles. The Morgan fingerprint density at radius 2 is 2.22 bits per heavy atom. The molecule has 140 valence electrons. The number of aryl methyl sites for hydroxylation is 1. The number of pyridine rings is 1. The molecule has 7 nitrogen and oxygen atoms in total. The highest BCUT2D eigenvalue weighted by molar-refractivity contribution is 6.07. The number of hydroxylamine groups is 1. The standard InChI is InChI=1S/C19H21FN6O/c1-11-10-13(4-5-15(11)20)23-18(26-27)14-6-8-22-19-17(14)24-16(25-19)7-9-21-12-2-3-12/h4-6,8,10,12,21,27H,2-3,7,9H2,1H3,(H,23,26)(H,22,24,25). The van der Waals surface area contributed by atoms with Crippen LogP contribution in [0.4, 0.5) is 10.1 Å². The van der Waals surface area contributed by atoms with Crippen LogP contribution < -0.4 is 10.8 Å². The van der Waals surface area contributed by atoms with Gasteiger partial charge in [0.15, 0.2) is 11.5 Å². The normalized spacial score (nSPS) is 14.7. The van der Waals surface area contributed by atoms with Crippen molar-refractivity contribution in [2.75, 3.05) is 6.54 Å². The van der Waals surface area contributed by atoms with Gasteiger partial charge in [0.2, 0.25) is 0 Å². The zero-order valence-electron chi connectivity index (χ0n) is 15.0. The summed E-state index contributed by atoms with van der Waals surface area (Å²) in [4.78, 5) is 16.5. The van der Waals surface area contributed by atoms with Crippen molar-refractivity contribution in [1.29, 1.82) is 0 Å². The van der Waals surface area contributed by atoms with Gasteiger partial charge < -0.3 is 10.3 Å². The van der Waals surface area contributed by atoms with Crippen molar-refractivity contribution >= 4 is 22.7 Å². The number of amidine groups is 1. The summed E-state index contributed by atoms with van der Waals surface area (Å²) in [5.41, 5.74) is 5.05. The Kier molecular flexibility index (Phi) is 4.83. The summed E-state index contributed by atoms with van der Waals surface area (Å²) in [6.07, 6.45) is 4.88. The van der Waals surface area contributed by atoms with Gasteiger partial charge in [-0.3, -0.25) is 10.7 Å². The van der Waals surface area contributed by atoms with Crippen molar-refractivity contribution in [2.24, 2.45) is 4.99 Å². The van der Waals surface area contributed by atoms with E-state index >= 15 is 0 Å². The summed E-state index contributed by atoms with van der Waals surface area (Å²) in [7, 11) is 0. The van der Waals surface area contributed by atoms with E-state index in [1.165, 1.54) is 18.9 Å². The van der Waals surface area contributed by atoms with Gasteiger partial charge in [0.1, 0.15) is 11.6 Å². The Morgan fingerprint density at radius 1 is 1.37 bits per heavy atom. The van der Waals surface area contributed by atoms with Crippen molar-refractivity contribution in [3.8, 4) is 0 Å². The maximum atomic E-state index is 13.5. The molecule has 8 heteroatoms. The first-order valence-electron chi connectivity index (χ1n) is 8.96. The molecule has 0 bridgehead atoms. The van der Waals surface area contributed by atoms with Crippen LogP contribution in [-0.2, 0) is 6.42 Å². The number of benzene rings is 1. The van der Waals surface area contributed by atoms with Crippen LogP contribution >= 0.6 is 0 Å². The van der Waals surface area contributed by atoms with Crippen molar-refractivity contribution in [2.45, 2.75) is 32.2 Å². The van der Waals surface area contributed by atoms with Gasteiger partial charge in [-0.25, -0.2) is 19.4 Å². The average molecular weight is 368 g/mol. The van der Waals surface area contributed by atoms with E-state index in [1.54, 1.807) is 31.3 Å². The third-order valence-electron chi connectivity index (χ3n) is 4.56. The molecule has 0 saturated heterocycles. The largest absolute Gasteiger partial charge is 0.340 e. The molecule has 4 N–H and O–H groups in total. The lowest BCUT2D eigenvalue weighted by molar-refractivity contribution is 0.235. The predicted octanol–water partition coefficient (Wildman–Crippen LogP) is 2.76. The smallest absolute Gasteiger partial charge is 0.178 e. The van der Waals surface area contributed by atoms with Crippen LogP contribution in [0.25, 0.3) is 11.2 Å². The molecular formula is C19H21FN6O. The molecule has 1 aliphatic rings. The number of imidazole rings is 1. The van der Waals surface area contributed by atoms with E-state index < -0.39 is 0 Å². The number of nitrogens with one attached hydrogen (secondary N) is 3. The second-order valence-corrected chi connectivity index (χ2v) is 6.72. The summed E-state index contributed by atoms with van der Waals surface area (Å²) in [5.74, 6) is 0.768. The number of hydrogen-bond donors (Lipinski definition) is 4. The minimum absolute atomic E-state index is 0.236. The number of aliphatic imine (C=N–C) groups is 1. The van der Waals surface area contributed by atoms with E-state index in [1.807, 2.05) is 0 Å². The number of aromatic nitrogens is 3. The number of aromatic amines is 1. The molecule has 0 spiro atoms. The van der Waals surface area contributed by atoms with E-state index in [0.717, 1.165) is 18.8 Å². The number of H-pyrrole nitrogens is 1. The maximum Gasteiger partial charge on any atom is 0.178 e. The van der Waals surface area contributed by atoms with E-state index in [0.29, 0.717) is 34.0 Å². The highest BCUT2D eigenvalue weighted by atomic mass is 19.1. The Labute approximate surface area is 155 Å². The predicted molar refractivity (Wildman–Crippen MR) is 101 cm³/mol. The van der Waals surface area contributed by atoms with Crippen LogP contribution in [-0.4, -0.2) is 38.6 Å². The van der Waals surface area contributed by atoms with Gasteiger partial charge in [0.05, 0.1) is 11.2 Å². The molecule has 1 fully saturated rings. The molecule has 4 rings (SSSR count). The molecule has 27 heavy (non-hydrogen) atoms. The van der Waals surface area contributed by atoms with Gasteiger partial charge in [0, 0.05) is 30.8 Å². The van der Waals surface area contributed by atoms with Gasteiger partial charge in [-0.2, -0.15) is 0 Å². The zero-order valence-corrected chi connectivity index (χ0v) is 15.0. The van der Waals surface area contributed by atoms with Crippen molar-refractivity contribution in [1.82, 2.24) is 25.7 Å². The van der Waals surface area contributed by atoms with Crippen molar-refractivity contribution < 1.29 is 9.60 Å². The molecule has 3 aromatic rings. The lowest BCUT2D eigenvalue weighted by Gasteiger charge is -2.06. The number of halogens is 1. The monoisotopic (exact) mass is 368 g/mol. The fourth-order valence-corrected chi connectivity index (χ4v) is 2.93. The highest BCUT2D eigenvalue weighted by Gasteiger charge is 2.20. The molecular weight excluding hydrogens is 347 g/mol. The molecule has 0 unspecified atom stereocenters. The summed E-state index contributed by atoms with van der Waals surface area (Å²) >= 11 is 0. The Balaban J connectivity index is 1.64. The van der Waals surface area contributed by atoms with E-state index in [2.05, 4.69) is 30.7 Å². The topological polar surface area (TPSA) is 98.2 Å². The second-order valence-electron chi connectivity index (χ2n) is 6.72. The van der Waals surface area contributed by atoms with Crippen LogP contribution in [0, 0.1) is 12.7 Å². The number of rotatable bonds is 6. The van der Waals surface area contributed by atoms with Gasteiger partial charge in [-0.05, 0) is 49.6 Å². The first kappa shape index (κ1) is 17.6. The number of nitrogens with zero attached hydrogens (tertiary/aromatic N) is 3. The lowest BCUT2D eigenvalue weighted by atomic mass is 10.2. The average Bonchev–Trinajstić information content (AvgIpc) is 3.39. The summed E-state index contributed by atoms with van der Waals surface area (Å²) in [6, 6.07) is 6.92. The number of fused-ring (bicyclic) bond motifs is 1. The summed E-state index contributed by atoms with van der Waals surface area (Å²) in [6.45, 7) is 2.52. The van der Waals surface area contributed by atoms with Crippen LogP contribution in [0.5, 0.6) is 0 Å². The molecule has 1 saturated carbocycles. The Morgan fingerprint density at radius 3 is 2.96 bits per heavy atom. The molecule has 2 heterocycles. The molecule has 0 radical (unpaired) electrons. The first-order valence-corrected chi connectivity index (χ1v) is 8.96.